The van der Waals surface area contributed by atoms with Gasteiger partial charge in [0, 0.05) is 20.6 Å². The van der Waals surface area contributed by atoms with Gasteiger partial charge in [-0.25, -0.2) is 0 Å². The molecule has 114 valence electrons. The van der Waals surface area contributed by atoms with Crippen LogP contribution in [0.1, 0.15) is 22.3 Å². The minimum absolute atomic E-state index is 0.176. The zero-order valence-electron chi connectivity index (χ0n) is 11.7. The van der Waals surface area contributed by atoms with E-state index in [9.17, 15) is 18.0 Å². The first-order valence-corrected chi connectivity index (χ1v) is 7.02. The van der Waals surface area contributed by atoms with E-state index in [0.29, 0.717) is 22.0 Å². The largest absolute Gasteiger partial charge is 0.435 e. The third kappa shape index (κ3) is 3.10. The maximum atomic E-state index is 12.7. The van der Waals surface area contributed by atoms with Crippen LogP contribution in [0.2, 0.25) is 0 Å². The Kier molecular flexibility index (Phi) is 4.08. The van der Waals surface area contributed by atoms with Gasteiger partial charge >= 0.3 is 6.18 Å². The summed E-state index contributed by atoms with van der Waals surface area (Å²) in [7, 11) is 3.25. The number of carbonyl (C=O) groups is 1. The highest BCUT2D eigenvalue weighted by atomic mass is 32.1. The standard InChI is InChI=1S/C13H14F3N3OS/c1-4-19-8(7-11(17-19)13(14,15)16)9-5-6-10(21-9)12(20)18(2)3/h5-7H,4H2,1-3H3. The summed E-state index contributed by atoms with van der Waals surface area (Å²) < 4.78 is 39.5. The number of rotatable bonds is 3. The predicted octanol–water partition coefficient (Wildman–Crippen LogP) is 3.35. The molecule has 2 heterocycles. The number of aryl methyl sites for hydroxylation is 1. The molecule has 0 atom stereocenters. The van der Waals surface area contributed by atoms with Crippen molar-refractivity contribution in [3.8, 4) is 10.6 Å². The van der Waals surface area contributed by atoms with Crippen molar-refractivity contribution < 1.29 is 18.0 Å². The van der Waals surface area contributed by atoms with E-state index >= 15 is 0 Å². The molecular formula is C13H14F3N3OS. The SMILES string of the molecule is CCn1nc(C(F)(F)F)cc1-c1ccc(C(=O)N(C)C)s1. The Hall–Kier alpha value is -1.83. The number of thiophene rings is 1. The molecule has 0 fully saturated rings. The fourth-order valence-corrected chi connectivity index (χ4v) is 2.85. The van der Waals surface area contributed by atoms with E-state index in [2.05, 4.69) is 5.10 Å². The van der Waals surface area contributed by atoms with Crippen LogP contribution in [0.3, 0.4) is 0 Å². The highest BCUT2D eigenvalue weighted by Gasteiger charge is 2.35. The molecule has 0 aromatic carbocycles. The van der Waals surface area contributed by atoms with Crippen LogP contribution < -0.4 is 0 Å². The molecule has 4 nitrogen and oxygen atoms in total. The van der Waals surface area contributed by atoms with Gasteiger partial charge in [0.05, 0.1) is 15.4 Å². The fourth-order valence-electron chi connectivity index (χ4n) is 1.81. The molecule has 0 radical (unpaired) electrons. The van der Waals surface area contributed by atoms with Gasteiger partial charge in [-0.3, -0.25) is 9.48 Å². The summed E-state index contributed by atoms with van der Waals surface area (Å²) in [6, 6.07) is 4.27. The first kappa shape index (κ1) is 15.6. The molecule has 21 heavy (non-hydrogen) atoms. The van der Waals surface area contributed by atoms with Crippen LogP contribution in [-0.2, 0) is 12.7 Å². The average Bonchev–Trinajstić information content (AvgIpc) is 3.02. The third-order valence-electron chi connectivity index (χ3n) is 2.85. The van der Waals surface area contributed by atoms with Gasteiger partial charge < -0.3 is 4.90 Å². The van der Waals surface area contributed by atoms with Crippen molar-refractivity contribution in [2.45, 2.75) is 19.6 Å². The van der Waals surface area contributed by atoms with Crippen molar-refractivity contribution in [2.24, 2.45) is 0 Å². The fraction of sp³-hybridized carbons (Fsp3) is 0.385. The number of alkyl halides is 3. The van der Waals surface area contributed by atoms with Crippen molar-refractivity contribution in [3.63, 3.8) is 0 Å². The van der Waals surface area contributed by atoms with E-state index in [4.69, 9.17) is 0 Å². The molecule has 0 saturated carbocycles. The van der Waals surface area contributed by atoms with E-state index in [1.807, 2.05) is 0 Å². The summed E-state index contributed by atoms with van der Waals surface area (Å²) in [5.74, 6) is -0.176. The second-order valence-corrected chi connectivity index (χ2v) is 5.68. The minimum Gasteiger partial charge on any atom is -0.344 e. The zero-order chi connectivity index (χ0) is 15.8. The summed E-state index contributed by atoms with van der Waals surface area (Å²) in [6.07, 6.45) is -4.48. The topological polar surface area (TPSA) is 38.1 Å². The Morgan fingerprint density at radius 2 is 2.05 bits per heavy atom. The molecule has 0 aliphatic carbocycles. The molecular weight excluding hydrogens is 303 g/mol. The summed E-state index contributed by atoms with van der Waals surface area (Å²) >= 11 is 1.16. The van der Waals surface area contributed by atoms with Crippen molar-refractivity contribution in [1.29, 1.82) is 0 Å². The number of aromatic nitrogens is 2. The van der Waals surface area contributed by atoms with Gasteiger partial charge in [0.1, 0.15) is 0 Å². The van der Waals surface area contributed by atoms with Crippen LogP contribution in [0.4, 0.5) is 13.2 Å². The van der Waals surface area contributed by atoms with E-state index in [-0.39, 0.29) is 5.91 Å². The van der Waals surface area contributed by atoms with E-state index in [1.54, 1.807) is 33.2 Å². The molecule has 8 heteroatoms. The lowest BCUT2D eigenvalue weighted by Gasteiger charge is -2.07. The molecule has 2 aromatic rings. The molecule has 0 unspecified atom stereocenters. The third-order valence-corrected chi connectivity index (χ3v) is 3.94. The Morgan fingerprint density at radius 1 is 1.38 bits per heavy atom. The Labute approximate surface area is 123 Å². The second-order valence-electron chi connectivity index (χ2n) is 4.59. The molecule has 0 spiro atoms. The van der Waals surface area contributed by atoms with Crippen molar-refractivity contribution in [2.75, 3.05) is 14.1 Å². The quantitative estimate of drug-likeness (QED) is 0.871. The average molecular weight is 317 g/mol. The number of carbonyl (C=O) groups excluding carboxylic acids is 1. The predicted molar refractivity (Wildman–Crippen MR) is 74.2 cm³/mol. The summed E-state index contributed by atoms with van der Waals surface area (Å²) in [6.45, 7) is 2.04. The zero-order valence-corrected chi connectivity index (χ0v) is 12.5. The van der Waals surface area contributed by atoms with Crippen LogP contribution in [0.25, 0.3) is 10.6 Å². The second kappa shape index (κ2) is 5.51. The van der Waals surface area contributed by atoms with Crippen LogP contribution >= 0.6 is 11.3 Å². The number of nitrogens with zero attached hydrogens (tertiary/aromatic N) is 3. The molecule has 2 rings (SSSR count). The van der Waals surface area contributed by atoms with Gasteiger partial charge in [-0.15, -0.1) is 11.3 Å². The van der Waals surface area contributed by atoms with Gasteiger partial charge in [0.2, 0.25) is 0 Å². The Bertz CT molecular complexity index is 658. The van der Waals surface area contributed by atoms with E-state index < -0.39 is 11.9 Å². The molecule has 0 N–H and O–H groups in total. The first-order chi connectivity index (χ1) is 9.74. The Morgan fingerprint density at radius 3 is 2.57 bits per heavy atom. The number of hydrogen-bond donors (Lipinski definition) is 0. The number of amides is 1. The highest BCUT2D eigenvalue weighted by Crippen LogP contribution is 2.34. The van der Waals surface area contributed by atoms with Crippen LogP contribution in [0.5, 0.6) is 0 Å². The van der Waals surface area contributed by atoms with Gasteiger partial charge in [-0.2, -0.15) is 18.3 Å². The lowest BCUT2D eigenvalue weighted by molar-refractivity contribution is -0.141. The summed E-state index contributed by atoms with van der Waals surface area (Å²) in [5, 5.41) is 3.57. The summed E-state index contributed by atoms with van der Waals surface area (Å²) in [5.41, 5.74) is -0.555. The normalized spacial score (nSPS) is 11.7. The number of hydrogen-bond acceptors (Lipinski definition) is 3. The lowest BCUT2D eigenvalue weighted by atomic mass is 10.3. The molecule has 0 bridgehead atoms. The van der Waals surface area contributed by atoms with Gasteiger partial charge in [0.15, 0.2) is 5.69 Å². The molecule has 0 aliphatic rings. The minimum atomic E-state index is -4.48. The first-order valence-electron chi connectivity index (χ1n) is 6.21. The molecule has 2 aromatic heterocycles. The van der Waals surface area contributed by atoms with Gasteiger partial charge in [-0.05, 0) is 25.1 Å². The van der Waals surface area contributed by atoms with Gasteiger partial charge in [0.25, 0.3) is 5.91 Å². The molecule has 0 aliphatic heterocycles. The Balaban J connectivity index is 2.43. The van der Waals surface area contributed by atoms with E-state index in [0.717, 1.165) is 17.4 Å². The molecule has 1 amide bonds. The van der Waals surface area contributed by atoms with Crippen molar-refractivity contribution in [3.05, 3.63) is 28.8 Å². The highest BCUT2D eigenvalue weighted by molar-refractivity contribution is 7.17. The maximum absolute atomic E-state index is 12.7. The monoisotopic (exact) mass is 317 g/mol. The van der Waals surface area contributed by atoms with Crippen LogP contribution in [0, 0.1) is 0 Å². The smallest absolute Gasteiger partial charge is 0.344 e. The van der Waals surface area contributed by atoms with Crippen molar-refractivity contribution in [1.82, 2.24) is 14.7 Å². The van der Waals surface area contributed by atoms with Crippen molar-refractivity contribution >= 4 is 17.2 Å². The van der Waals surface area contributed by atoms with Crippen LogP contribution in [0.15, 0.2) is 18.2 Å². The van der Waals surface area contributed by atoms with Crippen LogP contribution in [-0.4, -0.2) is 34.7 Å². The van der Waals surface area contributed by atoms with E-state index in [1.165, 1.54) is 9.58 Å². The van der Waals surface area contributed by atoms with Gasteiger partial charge in [-0.1, -0.05) is 0 Å². The lowest BCUT2D eigenvalue weighted by Crippen LogP contribution is -2.20. The summed E-state index contributed by atoms with van der Waals surface area (Å²) in [4.78, 5) is 14.3. The maximum Gasteiger partial charge on any atom is 0.435 e. The molecule has 0 saturated heterocycles. The number of halogens is 3.